The molecule has 1 aromatic carbocycles. The molecular weight excluding hydrogens is 287 g/mol. The Balaban J connectivity index is 0.00000200. The highest BCUT2D eigenvalue weighted by Gasteiger charge is 2.18. The van der Waals surface area contributed by atoms with Crippen molar-refractivity contribution in [3.8, 4) is 5.75 Å². The largest absolute Gasteiger partial charge is 0.467 e. The van der Waals surface area contributed by atoms with E-state index in [1.54, 1.807) is 6.92 Å². The fraction of sp³-hybridized carbons (Fsp3) is 0.462. The molecule has 20 heavy (non-hydrogen) atoms. The lowest BCUT2D eigenvalue weighted by Crippen LogP contribution is -2.33. The number of hydrogen-bond acceptors (Lipinski definition) is 4. The predicted molar refractivity (Wildman–Crippen MR) is 74.0 cm³/mol. The summed E-state index contributed by atoms with van der Waals surface area (Å²) < 4.78 is 23.9. The van der Waals surface area contributed by atoms with Gasteiger partial charge in [-0.3, -0.25) is 4.79 Å². The van der Waals surface area contributed by atoms with Crippen LogP contribution in [0.5, 0.6) is 5.75 Å². The zero-order valence-electron chi connectivity index (χ0n) is 11.1. The number of hydrogen-bond donors (Lipinski definition) is 2. The molecule has 0 bridgehead atoms. The number of carbonyl (C=O) groups excluding carboxylic acids is 1. The summed E-state index contributed by atoms with van der Waals surface area (Å²) in [6.07, 6.45) is 0. The first kappa shape index (κ1) is 16.7. The van der Waals surface area contributed by atoms with E-state index >= 15 is 0 Å². The van der Waals surface area contributed by atoms with Gasteiger partial charge in [-0.1, -0.05) is 6.92 Å². The van der Waals surface area contributed by atoms with Crippen molar-refractivity contribution in [1.82, 2.24) is 5.32 Å². The van der Waals surface area contributed by atoms with Crippen LogP contribution in [-0.4, -0.2) is 19.2 Å². The van der Waals surface area contributed by atoms with Crippen molar-refractivity contribution in [2.24, 2.45) is 11.7 Å². The lowest BCUT2D eigenvalue weighted by Gasteiger charge is -2.21. The van der Waals surface area contributed by atoms with Crippen LogP contribution in [0.2, 0.25) is 0 Å². The number of amides is 1. The van der Waals surface area contributed by atoms with Gasteiger partial charge in [-0.2, -0.15) is 0 Å². The molecular formula is C13H18ClFN2O3. The number of fused-ring (bicyclic) bond motifs is 1. The Hall–Kier alpha value is -1.37. The molecule has 1 aliphatic rings. The van der Waals surface area contributed by atoms with Crippen LogP contribution in [0.15, 0.2) is 12.1 Å². The quantitative estimate of drug-likeness (QED) is 0.880. The maximum absolute atomic E-state index is 13.5. The van der Waals surface area contributed by atoms with Gasteiger partial charge in [-0.25, -0.2) is 4.39 Å². The van der Waals surface area contributed by atoms with Gasteiger partial charge in [-0.15, -0.1) is 12.4 Å². The number of benzene rings is 1. The molecule has 1 amide bonds. The van der Waals surface area contributed by atoms with Gasteiger partial charge in [0.2, 0.25) is 5.91 Å². The number of ether oxygens (including phenoxy) is 2. The zero-order valence-corrected chi connectivity index (χ0v) is 12.0. The van der Waals surface area contributed by atoms with Crippen LogP contribution in [0.25, 0.3) is 0 Å². The normalized spacial score (nSPS) is 14.6. The molecule has 112 valence electrons. The van der Waals surface area contributed by atoms with Crippen molar-refractivity contribution in [3.05, 3.63) is 29.1 Å². The third kappa shape index (κ3) is 3.82. The first-order valence-corrected chi connectivity index (χ1v) is 6.11. The van der Waals surface area contributed by atoms with Crippen LogP contribution in [0.3, 0.4) is 0 Å². The summed E-state index contributed by atoms with van der Waals surface area (Å²) >= 11 is 0. The van der Waals surface area contributed by atoms with Gasteiger partial charge < -0.3 is 20.5 Å². The SMILES string of the molecule is CC(CN)C(=O)NCc1cc(F)cc2c1OCOC2.Cl. The Bertz CT molecular complexity index is 485. The summed E-state index contributed by atoms with van der Waals surface area (Å²) in [5, 5.41) is 2.72. The Kier molecular flexibility index (Phi) is 6.19. The van der Waals surface area contributed by atoms with E-state index in [1.165, 1.54) is 12.1 Å². The molecule has 1 unspecified atom stereocenters. The van der Waals surface area contributed by atoms with Crippen molar-refractivity contribution in [3.63, 3.8) is 0 Å². The van der Waals surface area contributed by atoms with Crippen LogP contribution >= 0.6 is 12.4 Å². The number of nitrogens with one attached hydrogen (secondary N) is 1. The molecule has 0 saturated carbocycles. The van der Waals surface area contributed by atoms with Crippen molar-refractivity contribution < 1.29 is 18.7 Å². The van der Waals surface area contributed by atoms with Crippen LogP contribution in [0, 0.1) is 11.7 Å². The Morgan fingerprint density at radius 1 is 1.55 bits per heavy atom. The van der Waals surface area contributed by atoms with Gasteiger partial charge in [0, 0.05) is 30.1 Å². The average Bonchev–Trinajstić information content (AvgIpc) is 2.43. The first-order chi connectivity index (χ1) is 9.11. The van der Waals surface area contributed by atoms with Gasteiger partial charge >= 0.3 is 0 Å². The molecule has 1 aromatic rings. The summed E-state index contributed by atoms with van der Waals surface area (Å²) in [6, 6.07) is 2.74. The first-order valence-electron chi connectivity index (χ1n) is 6.11. The molecule has 1 aliphatic heterocycles. The van der Waals surface area contributed by atoms with Crippen molar-refractivity contribution in [2.75, 3.05) is 13.3 Å². The summed E-state index contributed by atoms with van der Waals surface area (Å²) in [5.41, 5.74) is 6.68. The monoisotopic (exact) mass is 304 g/mol. The third-order valence-corrected chi connectivity index (χ3v) is 3.01. The highest BCUT2D eigenvalue weighted by molar-refractivity contribution is 5.85. The standard InChI is InChI=1S/C13H17FN2O3.ClH/c1-8(4-15)13(17)16-5-9-2-11(14)3-10-6-18-7-19-12(9)10;/h2-3,8H,4-7,15H2,1H3,(H,16,17);1H. The predicted octanol–water partition coefficient (Wildman–Crippen LogP) is 1.33. The molecule has 1 heterocycles. The van der Waals surface area contributed by atoms with Gasteiger partial charge in [-0.05, 0) is 12.1 Å². The van der Waals surface area contributed by atoms with Gasteiger partial charge in [0.05, 0.1) is 6.61 Å². The van der Waals surface area contributed by atoms with Gasteiger partial charge in [0.1, 0.15) is 11.6 Å². The molecule has 0 radical (unpaired) electrons. The van der Waals surface area contributed by atoms with Gasteiger partial charge in [0.25, 0.3) is 0 Å². The molecule has 1 atom stereocenters. The smallest absolute Gasteiger partial charge is 0.224 e. The van der Waals surface area contributed by atoms with E-state index < -0.39 is 0 Å². The number of carbonyl (C=O) groups is 1. The number of rotatable bonds is 4. The van der Waals surface area contributed by atoms with E-state index in [1.807, 2.05) is 0 Å². The van der Waals surface area contributed by atoms with Crippen LogP contribution in [-0.2, 0) is 22.7 Å². The second-order valence-electron chi connectivity index (χ2n) is 4.52. The summed E-state index contributed by atoms with van der Waals surface area (Å²) in [6.45, 7) is 2.67. The highest BCUT2D eigenvalue weighted by Crippen LogP contribution is 2.29. The van der Waals surface area contributed by atoms with Crippen molar-refractivity contribution in [1.29, 1.82) is 0 Å². The minimum absolute atomic E-state index is 0. The molecule has 2 rings (SSSR count). The minimum atomic E-state index is -0.371. The van der Waals surface area contributed by atoms with E-state index in [9.17, 15) is 9.18 Å². The van der Waals surface area contributed by atoms with Crippen LogP contribution in [0.1, 0.15) is 18.1 Å². The second kappa shape index (κ2) is 7.42. The maximum Gasteiger partial charge on any atom is 0.224 e. The summed E-state index contributed by atoms with van der Waals surface area (Å²) in [4.78, 5) is 11.7. The van der Waals surface area contributed by atoms with E-state index in [2.05, 4.69) is 5.32 Å². The number of nitrogens with two attached hydrogens (primary N) is 1. The van der Waals surface area contributed by atoms with E-state index in [-0.39, 0.29) is 49.9 Å². The van der Waals surface area contributed by atoms with E-state index in [0.717, 1.165) is 0 Å². The van der Waals surface area contributed by atoms with Gasteiger partial charge in [0.15, 0.2) is 6.79 Å². The van der Waals surface area contributed by atoms with Crippen molar-refractivity contribution >= 4 is 18.3 Å². The third-order valence-electron chi connectivity index (χ3n) is 3.01. The van der Waals surface area contributed by atoms with E-state index in [4.69, 9.17) is 15.2 Å². The van der Waals surface area contributed by atoms with Crippen LogP contribution in [0.4, 0.5) is 4.39 Å². The highest BCUT2D eigenvalue weighted by atomic mass is 35.5. The molecule has 0 spiro atoms. The minimum Gasteiger partial charge on any atom is -0.467 e. The fourth-order valence-corrected chi connectivity index (χ4v) is 1.85. The van der Waals surface area contributed by atoms with Crippen LogP contribution < -0.4 is 15.8 Å². The lowest BCUT2D eigenvalue weighted by atomic mass is 10.1. The Morgan fingerprint density at radius 2 is 2.30 bits per heavy atom. The molecule has 0 aliphatic carbocycles. The zero-order chi connectivity index (χ0) is 13.8. The topological polar surface area (TPSA) is 73.6 Å². The van der Waals surface area contributed by atoms with Crippen molar-refractivity contribution in [2.45, 2.75) is 20.1 Å². The molecule has 0 aromatic heterocycles. The molecule has 3 N–H and O–H groups in total. The average molecular weight is 305 g/mol. The Labute approximate surface area is 123 Å². The molecule has 7 heteroatoms. The lowest BCUT2D eigenvalue weighted by molar-refractivity contribution is -0.124. The summed E-state index contributed by atoms with van der Waals surface area (Å²) in [7, 11) is 0. The molecule has 0 fully saturated rings. The van der Waals surface area contributed by atoms with E-state index in [0.29, 0.717) is 23.5 Å². The Morgan fingerprint density at radius 3 is 3.00 bits per heavy atom. The maximum atomic E-state index is 13.5. The second-order valence-corrected chi connectivity index (χ2v) is 4.52. The molecule has 0 saturated heterocycles. The summed E-state index contributed by atoms with van der Waals surface area (Å²) in [5.74, 6) is -0.210. The molecule has 5 nitrogen and oxygen atoms in total. The number of halogens is 2. The fourth-order valence-electron chi connectivity index (χ4n) is 1.85.